The normalized spacial score (nSPS) is 10.9. The monoisotopic (exact) mass is 444 g/mol. The van der Waals surface area contributed by atoms with Gasteiger partial charge in [-0.25, -0.2) is 9.20 Å². The first kappa shape index (κ1) is 15.6. The van der Waals surface area contributed by atoms with Crippen molar-refractivity contribution in [2.45, 2.75) is 0 Å². The Labute approximate surface area is 156 Å². The van der Waals surface area contributed by atoms with Crippen LogP contribution in [0.25, 0.3) is 11.2 Å². The number of nitrogens with one attached hydrogen (secondary N) is 1. The number of hydrogen-bond donors (Lipinski definition) is 2. The van der Waals surface area contributed by atoms with E-state index in [9.17, 15) is 4.79 Å². The van der Waals surface area contributed by atoms with Gasteiger partial charge in [0.1, 0.15) is 11.4 Å². The zero-order valence-electron chi connectivity index (χ0n) is 12.9. The summed E-state index contributed by atoms with van der Waals surface area (Å²) < 4.78 is 4.29. The Balaban J connectivity index is 1.72. The fraction of sp³-hybridized carbons (Fsp3) is 0. The van der Waals surface area contributed by atoms with Crippen LogP contribution in [0.2, 0.25) is 0 Å². The number of benzene rings is 1. The van der Waals surface area contributed by atoms with E-state index in [1.807, 2.05) is 36.4 Å². The van der Waals surface area contributed by atoms with Crippen LogP contribution >= 0.6 is 22.6 Å². The van der Waals surface area contributed by atoms with Crippen LogP contribution in [0.15, 0.2) is 60.9 Å². The van der Waals surface area contributed by atoms with Gasteiger partial charge in [0, 0.05) is 15.8 Å². The van der Waals surface area contributed by atoms with Crippen molar-refractivity contribution in [2.75, 3.05) is 11.1 Å². The van der Waals surface area contributed by atoms with Gasteiger partial charge in [0.2, 0.25) is 0 Å². The van der Waals surface area contributed by atoms with Gasteiger partial charge >= 0.3 is 0 Å². The van der Waals surface area contributed by atoms with Crippen molar-refractivity contribution in [3.8, 4) is 5.69 Å². The maximum atomic E-state index is 12.8. The number of halogens is 1. The summed E-state index contributed by atoms with van der Waals surface area (Å²) in [5, 5.41) is 11.4. The molecule has 3 N–H and O–H groups in total. The molecule has 0 radical (unpaired) electrons. The number of pyridine rings is 1. The number of carbonyl (C=O) groups excluding carboxylic acids is 1. The topological polar surface area (TPSA) is 90.2 Å². The third-order valence-corrected chi connectivity index (χ3v) is 4.67. The molecule has 3 heterocycles. The lowest BCUT2D eigenvalue weighted by Crippen LogP contribution is -2.16. The first-order chi connectivity index (χ1) is 12.1. The number of para-hydroxylation sites is 1. The minimum atomic E-state index is -0.327. The molecule has 4 aromatic rings. The minimum Gasteiger partial charge on any atom is -0.382 e. The van der Waals surface area contributed by atoms with Gasteiger partial charge in [0.05, 0.1) is 17.4 Å². The molecule has 0 aliphatic heterocycles. The van der Waals surface area contributed by atoms with Crippen molar-refractivity contribution < 1.29 is 4.79 Å². The largest absolute Gasteiger partial charge is 0.382 e. The summed E-state index contributed by atoms with van der Waals surface area (Å²) in [6.45, 7) is 0. The van der Waals surface area contributed by atoms with E-state index in [1.54, 1.807) is 33.7 Å². The van der Waals surface area contributed by atoms with Crippen molar-refractivity contribution in [2.24, 2.45) is 0 Å². The number of nitrogen functional groups attached to an aromatic ring is 1. The maximum absolute atomic E-state index is 12.8. The van der Waals surface area contributed by atoms with Crippen molar-refractivity contribution in [1.29, 1.82) is 0 Å². The number of nitrogens with two attached hydrogens (primary N) is 1. The Morgan fingerprint density at radius 3 is 2.76 bits per heavy atom. The summed E-state index contributed by atoms with van der Waals surface area (Å²) in [4.78, 5) is 12.8. The first-order valence-corrected chi connectivity index (χ1v) is 8.56. The zero-order valence-corrected chi connectivity index (χ0v) is 15.1. The highest BCUT2D eigenvalue weighted by Gasteiger charge is 2.19. The van der Waals surface area contributed by atoms with Gasteiger partial charge < -0.3 is 11.1 Å². The van der Waals surface area contributed by atoms with Gasteiger partial charge in [-0.15, -0.1) is 5.10 Å². The highest BCUT2D eigenvalue weighted by Crippen LogP contribution is 2.23. The molecule has 8 heteroatoms. The van der Waals surface area contributed by atoms with Crippen molar-refractivity contribution >= 4 is 45.7 Å². The summed E-state index contributed by atoms with van der Waals surface area (Å²) in [5.74, 6) is 0.416. The lowest BCUT2D eigenvalue weighted by Gasteiger charge is -2.10. The molecule has 25 heavy (non-hydrogen) atoms. The highest BCUT2D eigenvalue weighted by atomic mass is 127. The molecule has 124 valence electrons. The predicted molar refractivity (Wildman–Crippen MR) is 104 cm³/mol. The summed E-state index contributed by atoms with van der Waals surface area (Å²) in [7, 11) is 0. The zero-order chi connectivity index (χ0) is 17.4. The fourth-order valence-electron chi connectivity index (χ4n) is 2.64. The Kier molecular flexibility index (Phi) is 3.88. The summed E-state index contributed by atoms with van der Waals surface area (Å²) in [5.41, 5.74) is 7.82. The molecule has 3 aromatic heterocycles. The highest BCUT2D eigenvalue weighted by molar-refractivity contribution is 14.1. The van der Waals surface area contributed by atoms with Gasteiger partial charge in [-0.05, 0) is 46.9 Å². The third kappa shape index (κ3) is 2.74. The summed E-state index contributed by atoms with van der Waals surface area (Å²) >= 11 is 2.23. The van der Waals surface area contributed by atoms with Crippen molar-refractivity contribution in [1.82, 2.24) is 19.4 Å². The van der Waals surface area contributed by atoms with Gasteiger partial charge in [-0.3, -0.25) is 4.79 Å². The van der Waals surface area contributed by atoms with E-state index in [1.165, 1.54) is 0 Å². The van der Waals surface area contributed by atoms with Crippen LogP contribution in [0, 0.1) is 3.57 Å². The molecule has 0 atom stereocenters. The van der Waals surface area contributed by atoms with E-state index >= 15 is 0 Å². The van der Waals surface area contributed by atoms with Crippen LogP contribution in [-0.2, 0) is 0 Å². The molecule has 4 rings (SSSR count). The predicted octanol–water partition coefficient (Wildman–Crippen LogP) is 2.96. The average Bonchev–Trinajstić information content (AvgIpc) is 3.18. The lowest BCUT2D eigenvalue weighted by molar-refractivity contribution is 0.102. The second kappa shape index (κ2) is 6.20. The van der Waals surface area contributed by atoms with Gasteiger partial charge in [-0.2, -0.15) is 5.10 Å². The minimum absolute atomic E-state index is 0.184. The van der Waals surface area contributed by atoms with Gasteiger partial charge in [0.15, 0.2) is 5.82 Å². The number of anilines is 2. The number of fused-ring (bicyclic) bond motifs is 1. The van der Waals surface area contributed by atoms with Crippen LogP contribution in [-0.4, -0.2) is 25.3 Å². The van der Waals surface area contributed by atoms with Crippen LogP contribution in [0.3, 0.4) is 0 Å². The second-order valence-corrected chi connectivity index (χ2v) is 6.49. The van der Waals surface area contributed by atoms with Gasteiger partial charge in [0.25, 0.3) is 5.91 Å². The molecule has 0 saturated heterocycles. The Morgan fingerprint density at radius 1 is 1.12 bits per heavy atom. The average molecular weight is 444 g/mol. The molecule has 7 nitrogen and oxygen atoms in total. The maximum Gasteiger partial charge on any atom is 0.262 e. The molecule has 0 aliphatic carbocycles. The summed E-state index contributed by atoms with van der Waals surface area (Å²) in [6, 6.07) is 15.0. The molecule has 0 fully saturated rings. The molecule has 0 unspecified atom stereocenters. The molecule has 1 amide bonds. The van der Waals surface area contributed by atoms with Crippen LogP contribution in [0.1, 0.15) is 10.4 Å². The lowest BCUT2D eigenvalue weighted by atomic mass is 10.2. The number of aromatic nitrogens is 4. The van der Waals surface area contributed by atoms with E-state index in [2.05, 4.69) is 38.1 Å². The van der Waals surface area contributed by atoms with Crippen LogP contribution in [0.4, 0.5) is 11.6 Å². The van der Waals surface area contributed by atoms with Gasteiger partial charge in [-0.1, -0.05) is 18.2 Å². The fourth-order valence-corrected chi connectivity index (χ4v) is 3.26. The van der Waals surface area contributed by atoms with Crippen molar-refractivity contribution in [3.05, 3.63) is 70.1 Å². The summed E-state index contributed by atoms with van der Waals surface area (Å²) in [6.07, 6.45) is 3.39. The quantitative estimate of drug-likeness (QED) is 0.476. The van der Waals surface area contributed by atoms with Crippen LogP contribution < -0.4 is 11.1 Å². The van der Waals surface area contributed by atoms with E-state index in [-0.39, 0.29) is 11.7 Å². The van der Waals surface area contributed by atoms with E-state index in [0.717, 1.165) is 9.26 Å². The molecule has 0 aliphatic rings. The Morgan fingerprint density at radius 2 is 1.92 bits per heavy atom. The van der Waals surface area contributed by atoms with E-state index < -0.39 is 0 Å². The number of rotatable bonds is 3. The molecule has 0 spiro atoms. The molecule has 0 saturated carbocycles. The number of amides is 1. The standard InChI is InChI=1S/C17H13IN6O/c18-11-5-1-2-6-12(11)24-14(8-9-20-24)21-17(25)15-13-7-3-4-10-23(13)22-16(15)19/h1-10H,(H2,19,22)(H,21,25). The SMILES string of the molecule is Nc1nn2ccccc2c1C(=O)Nc1ccnn1-c1ccccc1I. The second-order valence-electron chi connectivity index (χ2n) is 5.32. The van der Waals surface area contributed by atoms with E-state index in [0.29, 0.717) is 16.9 Å². The molecular weight excluding hydrogens is 431 g/mol. The number of nitrogens with zero attached hydrogens (tertiary/aromatic N) is 4. The number of carbonyl (C=O) groups is 1. The first-order valence-electron chi connectivity index (χ1n) is 7.48. The molecule has 0 bridgehead atoms. The third-order valence-electron chi connectivity index (χ3n) is 3.76. The Hall–Kier alpha value is -2.88. The van der Waals surface area contributed by atoms with E-state index in [4.69, 9.17) is 5.73 Å². The molecular formula is C17H13IN6O. The van der Waals surface area contributed by atoms with Crippen LogP contribution in [0.5, 0.6) is 0 Å². The Bertz CT molecular complexity index is 1080. The number of hydrogen-bond acceptors (Lipinski definition) is 4. The molecule has 1 aromatic carbocycles. The smallest absolute Gasteiger partial charge is 0.262 e. The van der Waals surface area contributed by atoms with Crippen molar-refractivity contribution in [3.63, 3.8) is 0 Å².